The minimum atomic E-state index is -0.399. The van der Waals surface area contributed by atoms with Crippen LogP contribution >= 0.6 is 0 Å². The van der Waals surface area contributed by atoms with Crippen molar-refractivity contribution in [2.45, 2.75) is 26.0 Å². The second-order valence-corrected chi connectivity index (χ2v) is 3.69. The van der Waals surface area contributed by atoms with Crippen LogP contribution in [0.3, 0.4) is 0 Å². The number of nitrogens with one attached hydrogen (secondary N) is 1. The molecule has 0 aliphatic carbocycles. The molecule has 0 spiro atoms. The third-order valence-electron chi connectivity index (χ3n) is 1.96. The van der Waals surface area contributed by atoms with Gasteiger partial charge in [-0.2, -0.15) is 0 Å². The second-order valence-electron chi connectivity index (χ2n) is 3.69. The van der Waals surface area contributed by atoms with Crippen molar-refractivity contribution in [3.63, 3.8) is 0 Å². The van der Waals surface area contributed by atoms with E-state index < -0.39 is 6.10 Å². The van der Waals surface area contributed by atoms with Gasteiger partial charge < -0.3 is 15.0 Å². The standard InChI is InChI=1S/C10H18N2O/c1-8(2)11-6-10(13)9-4-5-12(3)7-9/h4-5,7-8,10-11,13H,6H2,1-3H3. The molecule has 74 valence electrons. The zero-order chi connectivity index (χ0) is 9.84. The van der Waals surface area contributed by atoms with Crippen LogP contribution in [-0.2, 0) is 7.05 Å². The average Bonchev–Trinajstić information content (AvgIpc) is 2.47. The Kier molecular flexibility index (Phi) is 3.51. The molecule has 0 saturated heterocycles. The minimum Gasteiger partial charge on any atom is -0.387 e. The van der Waals surface area contributed by atoms with Gasteiger partial charge in [0.2, 0.25) is 0 Å². The van der Waals surface area contributed by atoms with Crippen molar-refractivity contribution in [2.75, 3.05) is 6.54 Å². The van der Waals surface area contributed by atoms with Crippen molar-refractivity contribution < 1.29 is 5.11 Å². The van der Waals surface area contributed by atoms with E-state index in [-0.39, 0.29) is 0 Å². The molecule has 1 aromatic heterocycles. The maximum atomic E-state index is 9.71. The van der Waals surface area contributed by atoms with E-state index in [0.717, 1.165) is 5.56 Å². The first-order chi connectivity index (χ1) is 6.09. The Balaban J connectivity index is 2.44. The van der Waals surface area contributed by atoms with Crippen molar-refractivity contribution in [1.82, 2.24) is 9.88 Å². The highest BCUT2D eigenvalue weighted by Gasteiger charge is 2.08. The van der Waals surface area contributed by atoms with Gasteiger partial charge in [0, 0.05) is 32.0 Å². The molecule has 1 aromatic rings. The largest absolute Gasteiger partial charge is 0.387 e. The number of nitrogens with zero attached hydrogens (tertiary/aromatic N) is 1. The van der Waals surface area contributed by atoms with Crippen molar-refractivity contribution in [1.29, 1.82) is 0 Å². The van der Waals surface area contributed by atoms with Gasteiger partial charge >= 0.3 is 0 Å². The van der Waals surface area contributed by atoms with Gasteiger partial charge in [0.25, 0.3) is 0 Å². The number of hydrogen-bond acceptors (Lipinski definition) is 2. The molecule has 0 bridgehead atoms. The molecule has 0 aliphatic rings. The highest BCUT2D eigenvalue weighted by Crippen LogP contribution is 2.11. The number of aryl methyl sites for hydroxylation is 1. The molecule has 0 fully saturated rings. The lowest BCUT2D eigenvalue weighted by Crippen LogP contribution is -2.27. The molecule has 3 nitrogen and oxygen atoms in total. The molecular weight excluding hydrogens is 164 g/mol. The van der Waals surface area contributed by atoms with Gasteiger partial charge in [-0.1, -0.05) is 13.8 Å². The van der Waals surface area contributed by atoms with E-state index in [0.29, 0.717) is 12.6 Å². The zero-order valence-corrected chi connectivity index (χ0v) is 8.49. The summed E-state index contributed by atoms with van der Waals surface area (Å²) in [5.41, 5.74) is 0.968. The van der Waals surface area contributed by atoms with Gasteiger partial charge in [-0.15, -0.1) is 0 Å². The van der Waals surface area contributed by atoms with Crippen LogP contribution in [0.15, 0.2) is 18.5 Å². The molecule has 0 radical (unpaired) electrons. The highest BCUT2D eigenvalue weighted by molar-refractivity contribution is 5.13. The lowest BCUT2D eigenvalue weighted by atomic mass is 10.2. The van der Waals surface area contributed by atoms with Crippen molar-refractivity contribution in [2.24, 2.45) is 7.05 Å². The Morgan fingerprint density at radius 2 is 2.23 bits per heavy atom. The lowest BCUT2D eigenvalue weighted by Gasteiger charge is -2.12. The Morgan fingerprint density at radius 3 is 2.69 bits per heavy atom. The van der Waals surface area contributed by atoms with E-state index in [9.17, 15) is 5.11 Å². The summed E-state index contributed by atoms with van der Waals surface area (Å²) >= 11 is 0. The summed E-state index contributed by atoms with van der Waals surface area (Å²) in [6.45, 7) is 4.75. The number of aliphatic hydroxyl groups excluding tert-OH is 1. The highest BCUT2D eigenvalue weighted by atomic mass is 16.3. The van der Waals surface area contributed by atoms with Crippen LogP contribution in [0.1, 0.15) is 25.5 Å². The van der Waals surface area contributed by atoms with E-state index in [2.05, 4.69) is 19.2 Å². The van der Waals surface area contributed by atoms with Crippen LogP contribution in [0, 0.1) is 0 Å². The van der Waals surface area contributed by atoms with E-state index >= 15 is 0 Å². The molecule has 1 atom stereocenters. The predicted molar refractivity (Wildman–Crippen MR) is 53.5 cm³/mol. The van der Waals surface area contributed by atoms with E-state index in [1.807, 2.05) is 30.1 Å². The minimum absolute atomic E-state index is 0.399. The van der Waals surface area contributed by atoms with Crippen LogP contribution in [0.2, 0.25) is 0 Å². The smallest absolute Gasteiger partial charge is 0.0929 e. The lowest BCUT2D eigenvalue weighted by molar-refractivity contribution is 0.171. The fourth-order valence-electron chi connectivity index (χ4n) is 1.19. The molecule has 0 amide bonds. The molecule has 1 unspecified atom stereocenters. The summed E-state index contributed by atoms with van der Waals surface area (Å²) in [5.74, 6) is 0. The SMILES string of the molecule is CC(C)NCC(O)c1ccn(C)c1. The first-order valence-corrected chi connectivity index (χ1v) is 4.63. The third-order valence-corrected chi connectivity index (χ3v) is 1.96. The quantitative estimate of drug-likeness (QED) is 0.730. The normalized spacial score (nSPS) is 13.6. The van der Waals surface area contributed by atoms with Crippen LogP contribution in [0.4, 0.5) is 0 Å². The molecule has 13 heavy (non-hydrogen) atoms. The number of aliphatic hydroxyl groups is 1. The van der Waals surface area contributed by atoms with E-state index in [1.54, 1.807) is 0 Å². The van der Waals surface area contributed by atoms with Gasteiger partial charge in [-0.3, -0.25) is 0 Å². The van der Waals surface area contributed by atoms with Crippen LogP contribution in [0.5, 0.6) is 0 Å². The summed E-state index contributed by atoms with van der Waals surface area (Å²) in [6, 6.07) is 2.35. The average molecular weight is 182 g/mol. The Bertz CT molecular complexity index is 255. The zero-order valence-electron chi connectivity index (χ0n) is 8.49. The van der Waals surface area contributed by atoms with Crippen LogP contribution in [-0.4, -0.2) is 22.3 Å². The summed E-state index contributed by atoms with van der Waals surface area (Å²) < 4.78 is 1.94. The van der Waals surface area contributed by atoms with Crippen LogP contribution in [0.25, 0.3) is 0 Å². The van der Waals surface area contributed by atoms with Gasteiger partial charge in [-0.05, 0) is 11.6 Å². The van der Waals surface area contributed by atoms with E-state index in [1.165, 1.54) is 0 Å². The summed E-state index contributed by atoms with van der Waals surface area (Å²) in [7, 11) is 1.95. The monoisotopic (exact) mass is 182 g/mol. The molecule has 0 aliphatic heterocycles. The molecule has 0 aromatic carbocycles. The maximum absolute atomic E-state index is 9.71. The summed E-state index contributed by atoms with van der Waals surface area (Å²) in [5, 5.41) is 12.9. The number of rotatable bonds is 4. The number of aromatic nitrogens is 1. The molecular formula is C10H18N2O. The molecule has 1 rings (SSSR count). The molecule has 2 N–H and O–H groups in total. The first-order valence-electron chi connectivity index (χ1n) is 4.63. The molecule has 3 heteroatoms. The van der Waals surface area contributed by atoms with Crippen molar-refractivity contribution in [3.8, 4) is 0 Å². The van der Waals surface area contributed by atoms with Crippen molar-refractivity contribution in [3.05, 3.63) is 24.0 Å². The van der Waals surface area contributed by atoms with Crippen LogP contribution < -0.4 is 5.32 Å². The van der Waals surface area contributed by atoms with Crippen molar-refractivity contribution >= 4 is 0 Å². The van der Waals surface area contributed by atoms with Gasteiger partial charge in [0.05, 0.1) is 6.10 Å². The first kappa shape index (κ1) is 10.3. The second kappa shape index (κ2) is 4.44. The topological polar surface area (TPSA) is 37.2 Å². The van der Waals surface area contributed by atoms with Gasteiger partial charge in [-0.25, -0.2) is 0 Å². The van der Waals surface area contributed by atoms with E-state index in [4.69, 9.17) is 0 Å². The Labute approximate surface area is 79.4 Å². The number of hydrogen-bond donors (Lipinski definition) is 2. The fraction of sp³-hybridized carbons (Fsp3) is 0.600. The molecule has 0 saturated carbocycles. The maximum Gasteiger partial charge on any atom is 0.0929 e. The third kappa shape index (κ3) is 3.20. The van der Waals surface area contributed by atoms with Gasteiger partial charge in [0.1, 0.15) is 0 Å². The Hall–Kier alpha value is -0.800. The summed E-state index contributed by atoms with van der Waals surface area (Å²) in [4.78, 5) is 0. The van der Waals surface area contributed by atoms with Gasteiger partial charge in [0.15, 0.2) is 0 Å². The predicted octanol–water partition coefficient (Wildman–Crippen LogP) is 1.06. The summed E-state index contributed by atoms with van der Waals surface area (Å²) in [6.07, 6.45) is 3.48. The fourth-order valence-corrected chi connectivity index (χ4v) is 1.19. The Morgan fingerprint density at radius 1 is 1.54 bits per heavy atom. The molecule has 1 heterocycles.